The third-order valence-corrected chi connectivity index (χ3v) is 4.98. The Labute approximate surface area is 136 Å². The van der Waals surface area contributed by atoms with Crippen molar-refractivity contribution in [1.82, 2.24) is 10.3 Å². The first-order valence-electron chi connectivity index (χ1n) is 7.94. The monoisotopic (exact) mass is 310 g/mol. The minimum absolute atomic E-state index is 0.285. The lowest BCUT2D eigenvalue weighted by molar-refractivity contribution is 0.667. The van der Waals surface area contributed by atoms with Crippen LogP contribution in [0.2, 0.25) is 5.02 Å². The lowest BCUT2D eigenvalue weighted by Gasteiger charge is -2.25. The number of hydrogen-bond acceptors (Lipinski definition) is 2. The van der Waals surface area contributed by atoms with Gasteiger partial charge in [0.05, 0.1) is 5.69 Å². The Bertz CT molecular complexity index is 736. The van der Waals surface area contributed by atoms with Gasteiger partial charge in [-0.05, 0) is 60.7 Å². The first-order chi connectivity index (χ1) is 10.8. The van der Waals surface area contributed by atoms with Crippen LogP contribution in [0.5, 0.6) is 0 Å². The highest BCUT2D eigenvalue weighted by Gasteiger charge is 2.28. The number of hydrogen-bond donors (Lipinski definition) is 1. The molecule has 1 aliphatic carbocycles. The van der Waals surface area contributed by atoms with Gasteiger partial charge in [-0.1, -0.05) is 35.4 Å². The summed E-state index contributed by atoms with van der Waals surface area (Å²) in [5.74, 6) is 0.285. The van der Waals surface area contributed by atoms with Crippen molar-refractivity contribution in [2.45, 2.75) is 25.2 Å². The van der Waals surface area contributed by atoms with E-state index in [0.29, 0.717) is 0 Å². The highest BCUT2D eigenvalue weighted by molar-refractivity contribution is 6.30. The molecule has 2 heterocycles. The minimum atomic E-state index is 0.285. The van der Waals surface area contributed by atoms with Gasteiger partial charge in [-0.3, -0.25) is 4.98 Å². The molecule has 0 saturated heterocycles. The van der Waals surface area contributed by atoms with Crippen molar-refractivity contribution in [1.29, 1.82) is 0 Å². The Morgan fingerprint density at radius 2 is 2.00 bits per heavy atom. The molecular formula is C19H19ClN2. The average molecular weight is 311 g/mol. The standard InChI is InChI=1S/C19H19ClN2/c20-16-5-6-17-15(12-16)4-3-14-2-1-9-22-19(14)18(17)13-7-10-21-11-8-13/h1-2,5-7,9,12,18,21H,3-4,8,10-11H2/t18-/m1/s1. The molecule has 112 valence electrons. The second-order valence-corrected chi connectivity index (χ2v) is 6.49. The summed E-state index contributed by atoms with van der Waals surface area (Å²) in [7, 11) is 0. The second kappa shape index (κ2) is 5.86. The number of rotatable bonds is 1. The molecule has 0 radical (unpaired) electrons. The molecule has 0 spiro atoms. The molecule has 1 aromatic carbocycles. The fourth-order valence-corrected chi connectivity index (χ4v) is 3.88. The van der Waals surface area contributed by atoms with Crippen LogP contribution in [0.4, 0.5) is 0 Å². The van der Waals surface area contributed by atoms with Crippen molar-refractivity contribution < 1.29 is 0 Å². The van der Waals surface area contributed by atoms with Crippen LogP contribution in [-0.4, -0.2) is 18.1 Å². The Hall–Kier alpha value is -1.64. The average Bonchev–Trinajstić information content (AvgIpc) is 2.72. The summed E-state index contributed by atoms with van der Waals surface area (Å²) in [5.41, 5.74) is 6.85. The van der Waals surface area contributed by atoms with Crippen molar-refractivity contribution in [3.8, 4) is 0 Å². The summed E-state index contributed by atoms with van der Waals surface area (Å²) < 4.78 is 0. The maximum absolute atomic E-state index is 6.23. The predicted octanol–water partition coefficient (Wildman–Crippen LogP) is 3.89. The maximum Gasteiger partial charge on any atom is 0.0551 e. The van der Waals surface area contributed by atoms with E-state index in [0.717, 1.165) is 37.4 Å². The summed E-state index contributed by atoms with van der Waals surface area (Å²) in [6.45, 7) is 2.00. The quantitative estimate of drug-likeness (QED) is 0.808. The van der Waals surface area contributed by atoms with Crippen LogP contribution in [0, 0.1) is 0 Å². The molecule has 22 heavy (non-hydrogen) atoms. The predicted molar refractivity (Wildman–Crippen MR) is 90.5 cm³/mol. The smallest absolute Gasteiger partial charge is 0.0551 e. The summed E-state index contributed by atoms with van der Waals surface area (Å²) >= 11 is 6.23. The van der Waals surface area contributed by atoms with E-state index < -0.39 is 0 Å². The van der Waals surface area contributed by atoms with Crippen LogP contribution in [0.25, 0.3) is 0 Å². The van der Waals surface area contributed by atoms with Crippen molar-refractivity contribution >= 4 is 11.6 Å². The van der Waals surface area contributed by atoms with Gasteiger partial charge in [0.1, 0.15) is 0 Å². The molecule has 0 saturated carbocycles. The van der Waals surface area contributed by atoms with E-state index in [1.54, 1.807) is 0 Å². The van der Waals surface area contributed by atoms with E-state index >= 15 is 0 Å². The number of benzene rings is 1. The zero-order chi connectivity index (χ0) is 14.9. The SMILES string of the molecule is Clc1ccc2c(c1)CCc1cccnc1[C@@H]2C1=CCNCC1. The highest BCUT2D eigenvalue weighted by atomic mass is 35.5. The summed E-state index contributed by atoms with van der Waals surface area (Å²) in [6.07, 6.45) is 7.43. The van der Waals surface area contributed by atoms with Crippen molar-refractivity contribution in [3.05, 3.63) is 75.6 Å². The molecule has 4 rings (SSSR count). The molecule has 1 aliphatic heterocycles. The number of aromatic nitrogens is 1. The molecule has 3 heteroatoms. The summed E-state index contributed by atoms with van der Waals surface area (Å²) in [4.78, 5) is 4.76. The van der Waals surface area contributed by atoms with E-state index in [1.807, 2.05) is 12.3 Å². The van der Waals surface area contributed by atoms with Crippen LogP contribution in [0.15, 0.2) is 48.2 Å². The van der Waals surface area contributed by atoms with Crippen molar-refractivity contribution in [3.63, 3.8) is 0 Å². The molecule has 0 fully saturated rings. The third-order valence-electron chi connectivity index (χ3n) is 4.75. The Morgan fingerprint density at radius 1 is 1.09 bits per heavy atom. The fourth-order valence-electron chi connectivity index (χ4n) is 3.69. The van der Waals surface area contributed by atoms with E-state index in [4.69, 9.17) is 16.6 Å². The van der Waals surface area contributed by atoms with E-state index in [2.05, 4.69) is 35.7 Å². The zero-order valence-corrected chi connectivity index (χ0v) is 13.2. The van der Waals surface area contributed by atoms with E-state index in [1.165, 1.54) is 28.0 Å². The van der Waals surface area contributed by atoms with E-state index in [9.17, 15) is 0 Å². The highest BCUT2D eigenvalue weighted by Crippen LogP contribution is 2.40. The van der Waals surface area contributed by atoms with Crippen LogP contribution < -0.4 is 5.32 Å². The van der Waals surface area contributed by atoms with Gasteiger partial charge < -0.3 is 5.32 Å². The normalized spacial score (nSPS) is 20.6. The van der Waals surface area contributed by atoms with Crippen LogP contribution in [-0.2, 0) is 12.8 Å². The largest absolute Gasteiger partial charge is 0.313 e. The lowest BCUT2D eigenvalue weighted by Crippen LogP contribution is -2.23. The molecule has 0 amide bonds. The van der Waals surface area contributed by atoms with Gasteiger partial charge in [-0.15, -0.1) is 0 Å². The number of nitrogens with one attached hydrogen (secondary N) is 1. The van der Waals surface area contributed by atoms with Crippen LogP contribution in [0.3, 0.4) is 0 Å². The molecule has 1 N–H and O–H groups in total. The maximum atomic E-state index is 6.23. The lowest BCUT2D eigenvalue weighted by atomic mass is 9.83. The number of fused-ring (bicyclic) bond motifs is 2. The van der Waals surface area contributed by atoms with Gasteiger partial charge in [0, 0.05) is 23.7 Å². The van der Waals surface area contributed by atoms with Gasteiger partial charge in [0.2, 0.25) is 0 Å². The topological polar surface area (TPSA) is 24.9 Å². The van der Waals surface area contributed by atoms with E-state index in [-0.39, 0.29) is 5.92 Å². The molecule has 0 unspecified atom stereocenters. The number of halogens is 1. The Balaban J connectivity index is 1.92. The third kappa shape index (κ3) is 2.47. The molecule has 2 nitrogen and oxygen atoms in total. The van der Waals surface area contributed by atoms with Gasteiger partial charge >= 0.3 is 0 Å². The van der Waals surface area contributed by atoms with Gasteiger partial charge in [0.25, 0.3) is 0 Å². The van der Waals surface area contributed by atoms with Gasteiger partial charge in [-0.25, -0.2) is 0 Å². The number of nitrogens with zero attached hydrogens (tertiary/aromatic N) is 1. The van der Waals surface area contributed by atoms with Crippen LogP contribution >= 0.6 is 11.6 Å². The molecule has 1 aromatic heterocycles. The molecule has 0 bridgehead atoms. The molecule has 2 aromatic rings. The minimum Gasteiger partial charge on any atom is -0.313 e. The van der Waals surface area contributed by atoms with Gasteiger partial charge in [0.15, 0.2) is 0 Å². The van der Waals surface area contributed by atoms with Crippen molar-refractivity contribution in [2.24, 2.45) is 0 Å². The Morgan fingerprint density at radius 3 is 2.86 bits per heavy atom. The zero-order valence-electron chi connectivity index (χ0n) is 12.5. The number of aryl methyl sites for hydroxylation is 2. The molecule has 2 aliphatic rings. The first-order valence-corrected chi connectivity index (χ1v) is 8.32. The first kappa shape index (κ1) is 14.0. The second-order valence-electron chi connectivity index (χ2n) is 6.06. The van der Waals surface area contributed by atoms with Gasteiger partial charge in [-0.2, -0.15) is 0 Å². The number of pyridine rings is 1. The summed E-state index contributed by atoms with van der Waals surface area (Å²) in [6, 6.07) is 10.6. The molecule has 1 atom stereocenters. The van der Waals surface area contributed by atoms with Crippen molar-refractivity contribution in [2.75, 3.05) is 13.1 Å². The fraction of sp³-hybridized carbons (Fsp3) is 0.316. The van der Waals surface area contributed by atoms with Crippen LogP contribution in [0.1, 0.15) is 34.7 Å². The summed E-state index contributed by atoms with van der Waals surface area (Å²) in [5, 5.41) is 4.24. The Kier molecular flexibility index (Phi) is 3.73. The molecular weight excluding hydrogens is 292 g/mol.